The van der Waals surface area contributed by atoms with Crippen LogP contribution in [0.5, 0.6) is 0 Å². The maximum atomic E-state index is 13.3. The number of carboxylic acids is 1. The summed E-state index contributed by atoms with van der Waals surface area (Å²) in [4.78, 5) is 28.4. The standard InChI is InChI=1S/C26H17N3O4/c30-25-22(16-21-10-11-23(33-21)17-6-8-19(9-7-17)26(31)32)24(18-12-14-27-15-13-18)28-29(25)20-4-2-1-3-5-20/h1-16H,(H,31,32)/b22-16-. The lowest BCUT2D eigenvalue weighted by molar-refractivity contribution is -0.114. The fraction of sp³-hybridized carbons (Fsp3) is 0. The van der Waals surface area contributed by atoms with Crippen molar-refractivity contribution in [1.29, 1.82) is 0 Å². The van der Waals surface area contributed by atoms with Crippen LogP contribution in [0.15, 0.2) is 106 Å². The minimum atomic E-state index is -0.989. The number of carboxylic acid groups (broad SMARTS) is 1. The Morgan fingerprint density at radius 3 is 2.30 bits per heavy atom. The molecule has 33 heavy (non-hydrogen) atoms. The highest BCUT2D eigenvalue weighted by Crippen LogP contribution is 2.29. The Morgan fingerprint density at radius 1 is 0.879 bits per heavy atom. The SMILES string of the molecule is O=C(O)c1ccc(-c2ccc(/C=C3\C(=O)N(c4ccccc4)N=C3c3ccncc3)o2)cc1. The fourth-order valence-electron chi connectivity index (χ4n) is 3.52. The summed E-state index contributed by atoms with van der Waals surface area (Å²) in [5, 5.41) is 15.0. The lowest BCUT2D eigenvalue weighted by Gasteiger charge is -2.10. The molecule has 160 valence electrons. The Morgan fingerprint density at radius 2 is 1.61 bits per heavy atom. The first-order valence-corrected chi connectivity index (χ1v) is 10.1. The Balaban J connectivity index is 1.52. The van der Waals surface area contributed by atoms with Gasteiger partial charge in [0.2, 0.25) is 0 Å². The molecule has 0 saturated carbocycles. The van der Waals surface area contributed by atoms with Crippen LogP contribution in [-0.2, 0) is 4.79 Å². The number of rotatable bonds is 5. The topological polar surface area (TPSA) is 96.0 Å². The predicted octanol–water partition coefficient (Wildman–Crippen LogP) is 4.87. The first kappa shape index (κ1) is 20.1. The van der Waals surface area contributed by atoms with Crippen LogP contribution in [0.4, 0.5) is 5.69 Å². The van der Waals surface area contributed by atoms with Crippen molar-refractivity contribution in [3.05, 3.63) is 114 Å². The summed E-state index contributed by atoms with van der Waals surface area (Å²) in [5.74, 6) is -0.215. The summed E-state index contributed by atoms with van der Waals surface area (Å²) in [5.41, 5.74) is 3.28. The third-order valence-corrected chi connectivity index (χ3v) is 5.16. The molecule has 2 aromatic heterocycles. The number of hydrazone groups is 1. The van der Waals surface area contributed by atoms with Gasteiger partial charge < -0.3 is 9.52 Å². The summed E-state index contributed by atoms with van der Waals surface area (Å²) in [6.45, 7) is 0. The monoisotopic (exact) mass is 435 g/mol. The number of pyridine rings is 1. The molecule has 7 nitrogen and oxygen atoms in total. The lowest BCUT2D eigenvalue weighted by Crippen LogP contribution is -2.21. The van der Waals surface area contributed by atoms with Gasteiger partial charge in [0.25, 0.3) is 5.91 Å². The molecule has 0 bridgehead atoms. The second kappa shape index (κ2) is 8.39. The van der Waals surface area contributed by atoms with Gasteiger partial charge in [0, 0.05) is 23.5 Å². The first-order chi connectivity index (χ1) is 16.1. The van der Waals surface area contributed by atoms with Gasteiger partial charge >= 0.3 is 5.97 Å². The molecule has 1 amide bonds. The average molecular weight is 435 g/mol. The number of carbonyl (C=O) groups excluding carboxylic acids is 1. The van der Waals surface area contributed by atoms with Crippen molar-refractivity contribution >= 4 is 29.4 Å². The number of carbonyl (C=O) groups is 2. The van der Waals surface area contributed by atoms with Crippen LogP contribution in [0.1, 0.15) is 21.7 Å². The van der Waals surface area contributed by atoms with Crippen molar-refractivity contribution < 1.29 is 19.1 Å². The van der Waals surface area contributed by atoms with Crippen LogP contribution in [0, 0.1) is 0 Å². The van der Waals surface area contributed by atoms with Crippen molar-refractivity contribution in [1.82, 2.24) is 4.98 Å². The molecule has 0 atom stereocenters. The highest BCUT2D eigenvalue weighted by Gasteiger charge is 2.32. The molecule has 7 heteroatoms. The molecule has 0 radical (unpaired) electrons. The van der Waals surface area contributed by atoms with E-state index >= 15 is 0 Å². The zero-order valence-corrected chi connectivity index (χ0v) is 17.3. The maximum absolute atomic E-state index is 13.3. The van der Waals surface area contributed by atoms with Crippen molar-refractivity contribution in [2.45, 2.75) is 0 Å². The molecule has 2 aromatic carbocycles. The Labute approximate surface area is 188 Å². The van der Waals surface area contributed by atoms with E-state index in [1.54, 1.807) is 54.9 Å². The third-order valence-electron chi connectivity index (χ3n) is 5.16. The van der Waals surface area contributed by atoms with E-state index in [1.807, 2.05) is 30.3 Å². The van der Waals surface area contributed by atoms with Gasteiger partial charge in [0.15, 0.2) is 0 Å². The number of benzene rings is 2. The van der Waals surface area contributed by atoms with Crippen molar-refractivity contribution in [2.24, 2.45) is 5.10 Å². The van der Waals surface area contributed by atoms with Gasteiger partial charge in [-0.3, -0.25) is 9.78 Å². The van der Waals surface area contributed by atoms with Gasteiger partial charge in [-0.15, -0.1) is 0 Å². The normalized spacial score (nSPS) is 14.5. The van der Waals surface area contributed by atoms with Crippen molar-refractivity contribution in [2.75, 3.05) is 5.01 Å². The molecule has 0 saturated heterocycles. The van der Waals surface area contributed by atoms with E-state index < -0.39 is 5.97 Å². The third kappa shape index (κ3) is 3.95. The number of aromatic carboxylic acids is 1. The second-order valence-corrected chi connectivity index (χ2v) is 7.28. The Hall–Kier alpha value is -4.78. The van der Waals surface area contributed by atoms with E-state index in [-0.39, 0.29) is 11.5 Å². The minimum absolute atomic E-state index is 0.198. The molecular formula is C26H17N3O4. The number of anilines is 1. The Kier molecular flexibility index (Phi) is 5.12. The summed E-state index contributed by atoms with van der Waals surface area (Å²) >= 11 is 0. The lowest BCUT2D eigenvalue weighted by atomic mass is 10.0. The summed E-state index contributed by atoms with van der Waals surface area (Å²) in [6, 6.07) is 22.7. The quantitative estimate of drug-likeness (QED) is 0.451. The van der Waals surface area contributed by atoms with Crippen molar-refractivity contribution in [3.63, 3.8) is 0 Å². The molecule has 1 N–H and O–H groups in total. The van der Waals surface area contributed by atoms with E-state index in [9.17, 15) is 9.59 Å². The zero-order valence-electron chi connectivity index (χ0n) is 17.3. The van der Waals surface area contributed by atoms with E-state index in [0.29, 0.717) is 28.5 Å². The number of para-hydroxylation sites is 1. The highest BCUT2D eigenvalue weighted by molar-refractivity contribution is 6.37. The number of hydrogen-bond donors (Lipinski definition) is 1. The van der Waals surface area contributed by atoms with Gasteiger partial charge in [-0.1, -0.05) is 30.3 Å². The molecule has 1 aliphatic heterocycles. The van der Waals surface area contributed by atoms with Crippen LogP contribution in [0.2, 0.25) is 0 Å². The van der Waals surface area contributed by atoms with Gasteiger partial charge in [-0.05, 0) is 54.6 Å². The van der Waals surface area contributed by atoms with Crippen LogP contribution in [0.25, 0.3) is 17.4 Å². The molecule has 0 unspecified atom stereocenters. The van der Waals surface area contributed by atoms with Gasteiger partial charge in [-0.25, -0.2) is 4.79 Å². The average Bonchev–Trinajstić information content (AvgIpc) is 3.45. The number of amides is 1. The molecule has 0 aliphatic carbocycles. The van der Waals surface area contributed by atoms with E-state index in [1.165, 1.54) is 17.1 Å². The number of hydrogen-bond acceptors (Lipinski definition) is 5. The second-order valence-electron chi connectivity index (χ2n) is 7.28. The fourth-order valence-corrected chi connectivity index (χ4v) is 3.52. The number of furan rings is 1. The number of nitrogens with zero attached hydrogens (tertiary/aromatic N) is 3. The summed E-state index contributed by atoms with van der Waals surface area (Å²) < 4.78 is 5.94. The predicted molar refractivity (Wildman–Crippen MR) is 124 cm³/mol. The van der Waals surface area contributed by atoms with Crippen LogP contribution in [0.3, 0.4) is 0 Å². The molecule has 0 spiro atoms. The van der Waals surface area contributed by atoms with Gasteiger partial charge in [-0.2, -0.15) is 10.1 Å². The number of aromatic nitrogens is 1. The minimum Gasteiger partial charge on any atom is -0.478 e. The first-order valence-electron chi connectivity index (χ1n) is 10.1. The van der Waals surface area contributed by atoms with Crippen LogP contribution >= 0.6 is 0 Å². The molecule has 3 heterocycles. The highest BCUT2D eigenvalue weighted by atomic mass is 16.4. The molecule has 1 aliphatic rings. The smallest absolute Gasteiger partial charge is 0.335 e. The van der Waals surface area contributed by atoms with E-state index in [4.69, 9.17) is 9.52 Å². The van der Waals surface area contributed by atoms with Crippen LogP contribution in [-0.4, -0.2) is 27.7 Å². The van der Waals surface area contributed by atoms with Gasteiger partial charge in [0.05, 0.1) is 16.8 Å². The molecule has 4 aromatic rings. The Bertz CT molecular complexity index is 1390. The maximum Gasteiger partial charge on any atom is 0.335 e. The molecule has 0 fully saturated rings. The molecule has 5 rings (SSSR count). The van der Waals surface area contributed by atoms with Crippen molar-refractivity contribution in [3.8, 4) is 11.3 Å². The van der Waals surface area contributed by atoms with E-state index in [0.717, 1.165) is 11.1 Å². The summed E-state index contributed by atoms with van der Waals surface area (Å²) in [7, 11) is 0. The summed E-state index contributed by atoms with van der Waals surface area (Å²) in [6.07, 6.45) is 4.97. The van der Waals surface area contributed by atoms with Gasteiger partial charge in [0.1, 0.15) is 17.2 Å². The largest absolute Gasteiger partial charge is 0.478 e. The van der Waals surface area contributed by atoms with Crippen LogP contribution < -0.4 is 5.01 Å². The molecular weight excluding hydrogens is 418 g/mol. The van der Waals surface area contributed by atoms with E-state index in [2.05, 4.69) is 10.1 Å². The zero-order chi connectivity index (χ0) is 22.8.